The van der Waals surface area contributed by atoms with E-state index in [1.807, 2.05) is 6.92 Å². The van der Waals surface area contributed by atoms with Crippen molar-refractivity contribution in [2.45, 2.75) is 39.8 Å². The number of nitrogens with zero attached hydrogens (tertiary/aromatic N) is 3. The van der Waals surface area contributed by atoms with Crippen molar-refractivity contribution in [3.05, 3.63) is 15.8 Å². The van der Waals surface area contributed by atoms with E-state index in [9.17, 15) is 15.2 Å². The molecule has 7 nitrogen and oxygen atoms in total. The topological polar surface area (TPSA) is 93.2 Å². The summed E-state index contributed by atoms with van der Waals surface area (Å²) in [7, 11) is 0. The molecule has 1 aromatic heterocycles. The highest BCUT2D eigenvalue weighted by atomic mass is 16.6. The smallest absolute Gasteiger partial charge is 0.333 e. The Morgan fingerprint density at radius 1 is 1.59 bits per heavy atom. The third kappa shape index (κ3) is 2.73. The third-order valence-corrected chi connectivity index (χ3v) is 2.43. The quantitative estimate of drug-likeness (QED) is 0.599. The summed E-state index contributed by atoms with van der Waals surface area (Å²) in [5, 5.41) is 27.3. The minimum atomic E-state index is -0.635. The van der Waals surface area contributed by atoms with Gasteiger partial charge in [0.1, 0.15) is 5.69 Å². The van der Waals surface area contributed by atoms with Crippen molar-refractivity contribution in [2.24, 2.45) is 0 Å². The van der Waals surface area contributed by atoms with Gasteiger partial charge in [0.25, 0.3) is 0 Å². The van der Waals surface area contributed by atoms with Crippen LogP contribution < -0.4 is 5.32 Å². The molecule has 1 aromatic rings. The van der Waals surface area contributed by atoms with Crippen LogP contribution in [0.25, 0.3) is 0 Å². The molecule has 0 radical (unpaired) electrons. The predicted molar refractivity (Wildman–Crippen MR) is 64.1 cm³/mol. The lowest BCUT2D eigenvalue weighted by Gasteiger charge is -2.24. The van der Waals surface area contributed by atoms with E-state index >= 15 is 0 Å². The SMILES string of the molecule is CCn1nc(C)c([N+](=O)[O-])c1NC(C)(C)CO. The summed E-state index contributed by atoms with van der Waals surface area (Å²) in [4.78, 5) is 10.5. The number of aliphatic hydroxyl groups is 1. The molecule has 0 saturated carbocycles. The molecule has 0 spiro atoms. The van der Waals surface area contributed by atoms with Crippen molar-refractivity contribution in [1.82, 2.24) is 9.78 Å². The van der Waals surface area contributed by atoms with Crippen LogP contribution in [0.4, 0.5) is 11.5 Å². The minimum absolute atomic E-state index is 0.0339. The van der Waals surface area contributed by atoms with Gasteiger partial charge in [0.15, 0.2) is 0 Å². The lowest BCUT2D eigenvalue weighted by Crippen LogP contribution is -2.36. The molecule has 1 heterocycles. The Bertz CT molecular complexity index is 425. The fraction of sp³-hybridized carbons (Fsp3) is 0.700. The molecule has 2 N–H and O–H groups in total. The molecule has 0 saturated heterocycles. The highest BCUT2D eigenvalue weighted by molar-refractivity contribution is 5.60. The molecule has 0 aliphatic heterocycles. The highest BCUT2D eigenvalue weighted by Crippen LogP contribution is 2.30. The van der Waals surface area contributed by atoms with Gasteiger partial charge in [-0.2, -0.15) is 5.10 Å². The predicted octanol–water partition coefficient (Wildman–Crippen LogP) is 1.30. The lowest BCUT2D eigenvalue weighted by molar-refractivity contribution is -0.384. The second-order valence-corrected chi connectivity index (χ2v) is 4.52. The lowest BCUT2D eigenvalue weighted by atomic mass is 10.1. The number of anilines is 1. The average Bonchev–Trinajstić information content (AvgIpc) is 2.54. The summed E-state index contributed by atoms with van der Waals surface area (Å²) in [5.74, 6) is 0.342. The zero-order valence-electron chi connectivity index (χ0n) is 10.5. The van der Waals surface area contributed by atoms with Crippen molar-refractivity contribution in [3.8, 4) is 0 Å². The molecule has 0 aromatic carbocycles. The Balaban J connectivity index is 3.24. The number of hydrogen-bond acceptors (Lipinski definition) is 5. The van der Waals surface area contributed by atoms with Crippen molar-refractivity contribution in [1.29, 1.82) is 0 Å². The molecule has 0 bridgehead atoms. The fourth-order valence-corrected chi connectivity index (χ4v) is 1.50. The normalized spacial score (nSPS) is 11.6. The Labute approximate surface area is 99.6 Å². The number of rotatable bonds is 5. The molecule has 7 heteroatoms. The van der Waals surface area contributed by atoms with Crippen molar-refractivity contribution < 1.29 is 10.0 Å². The van der Waals surface area contributed by atoms with Gasteiger partial charge in [-0.1, -0.05) is 0 Å². The first-order valence-corrected chi connectivity index (χ1v) is 5.43. The number of hydrogen-bond donors (Lipinski definition) is 2. The maximum Gasteiger partial charge on any atom is 0.333 e. The van der Waals surface area contributed by atoms with Gasteiger partial charge in [0.2, 0.25) is 5.82 Å². The number of aromatic nitrogens is 2. The fourth-order valence-electron chi connectivity index (χ4n) is 1.50. The van der Waals surface area contributed by atoms with E-state index in [0.29, 0.717) is 18.1 Å². The summed E-state index contributed by atoms with van der Waals surface area (Å²) in [6.07, 6.45) is 0. The van der Waals surface area contributed by atoms with Crippen LogP contribution in [-0.2, 0) is 6.54 Å². The van der Waals surface area contributed by atoms with Crippen molar-refractivity contribution in [3.63, 3.8) is 0 Å². The monoisotopic (exact) mass is 242 g/mol. The number of nitrogens with one attached hydrogen (secondary N) is 1. The zero-order valence-corrected chi connectivity index (χ0v) is 10.5. The van der Waals surface area contributed by atoms with E-state index in [1.165, 1.54) is 4.68 Å². The van der Waals surface area contributed by atoms with Gasteiger partial charge in [-0.15, -0.1) is 0 Å². The molecule has 96 valence electrons. The first-order chi connectivity index (χ1) is 7.82. The van der Waals surface area contributed by atoms with Crippen LogP contribution in [-0.4, -0.2) is 32.0 Å². The van der Waals surface area contributed by atoms with Crippen LogP contribution in [0.3, 0.4) is 0 Å². The molecule has 1 rings (SSSR count). The molecular weight excluding hydrogens is 224 g/mol. The third-order valence-electron chi connectivity index (χ3n) is 2.43. The summed E-state index contributed by atoms with van der Waals surface area (Å²) in [6.45, 7) is 7.38. The molecule has 0 amide bonds. The van der Waals surface area contributed by atoms with Crippen LogP contribution in [0.5, 0.6) is 0 Å². The average molecular weight is 242 g/mol. The minimum Gasteiger partial charge on any atom is -0.394 e. The van der Waals surface area contributed by atoms with Crippen LogP contribution in [0.2, 0.25) is 0 Å². The summed E-state index contributed by atoms with van der Waals surface area (Å²) >= 11 is 0. The Morgan fingerprint density at radius 3 is 2.59 bits per heavy atom. The van der Waals surface area contributed by atoms with Crippen LogP contribution >= 0.6 is 0 Å². The Hall–Kier alpha value is -1.63. The van der Waals surface area contributed by atoms with Gasteiger partial charge in [-0.05, 0) is 27.7 Å². The maximum atomic E-state index is 11.0. The second-order valence-electron chi connectivity index (χ2n) is 4.52. The number of aliphatic hydroxyl groups excluding tert-OH is 1. The maximum absolute atomic E-state index is 11.0. The largest absolute Gasteiger partial charge is 0.394 e. The number of aryl methyl sites for hydroxylation is 2. The van der Waals surface area contributed by atoms with Gasteiger partial charge < -0.3 is 10.4 Å². The van der Waals surface area contributed by atoms with Crippen LogP contribution in [0, 0.1) is 17.0 Å². The van der Waals surface area contributed by atoms with E-state index in [1.54, 1.807) is 20.8 Å². The van der Waals surface area contributed by atoms with Crippen LogP contribution in [0.15, 0.2) is 0 Å². The zero-order chi connectivity index (χ0) is 13.2. The van der Waals surface area contributed by atoms with Gasteiger partial charge in [0, 0.05) is 6.54 Å². The van der Waals surface area contributed by atoms with E-state index in [2.05, 4.69) is 10.4 Å². The molecule has 0 atom stereocenters. The van der Waals surface area contributed by atoms with Gasteiger partial charge >= 0.3 is 5.69 Å². The first kappa shape index (κ1) is 13.4. The Kier molecular flexibility index (Phi) is 3.72. The molecular formula is C10H18N4O3. The first-order valence-electron chi connectivity index (χ1n) is 5.43. The summed E-state index contributed by atoms with van der Waals surface area (Å²) < 4.78 is 1.53. The van der Waals surface area contributed by atoms with Crippen molar-refractivity contribution >= 4 is 11.5 Å². The Morgan fingerprint density at radius 2 is 2.18 bits per heavy atom. The van der Waals surface area contributed by atoms with E-state index < -0.39 is 10.5 Å². The molecule has 0 fully saturated rings. The second kappa shape index (κ2) is 4.70. The van der Waals surface area contributed by atoms with E-state index in [-0.39, 0.29) is 12.3 Å². The molecule has 0 aliphatic carbocycles. The van der Waals surface area contributed by atoms with Gasteiger partial charge in [0.05, 0.1) is 17.1 Å². The van der Waals surface area contributed by atoms with Gasteiger partial charge in [-0.3, -0.25) is 10.1 Å². The standard InChI is InChI=1S/C10H18N4O3/c1-5-13-9(11-10(3,4)6-15)8(14(16)17)7(2)12-13/h11,15H,5-6H2,1-4H3. The number of nitro groups is 1. The molecule has 0 aliphatic rings. The van der Waals surface area contributed by atoms with Crippen LogP contribution in [0.1, 0.15) is 26.5 Å². The summed E-state index contributed by atoms with van der Waals surface area (Å²) in [6, 6.07) is 0. The van der Waals surface area contributed by atoms with E-state index in [4.69, 9.17) is 0 Å². The summed E-state index contributed by atoms with van der Waals surface area (Å²) in [5.41, 5.74) is -0.300. The van der Waals surface area contributed by atoms with E-state index in [0.717, 1.165) is 0 Å². The van der Waals surface area contributed by atoms with Gasteiger partial charge in [-0.25, -0.2) is 4.68 Å². The van der Waals surface area contributed by atoms with Crippen molar-refractivity contribution in [2.75, 3.05) is 11.9 Å². The highest BCUT2D eigenvalue weighted by Gasteiger charge is 2.29. The molecule has 17 heavy (non-hydrogen) atoms. The molecule has 0 unspecified atom stereocenters.